The third-order valence-corrected chi connectivity index (χ3v) is 2.27. The zero-order valence-corrected chi connectivity index (χ0v) is 10.3. The molecule has 0 fully saturated rings. The van der Waals surface area contributed by atoms with E-state index in [0.717, 1.165) is 0 Å². The van der Waals surface area contributed by atoms with Crippen LogP contribution in [0.2, 0.25) is 0 Å². The van der Waals surface area contributed by atoms with Crippen molar-refractivity contribution in [2.24, 2.45) is 0 Å². The van der Waals surface area contributed by atoms with Gasteiger partial charge in [0.2, 0.25) is 0 Å². The van der Waals surface area contributed by atoms with Crippen molar-refractivity contribution in [3.05, 3.63) is 23.8 Å². The minimum Gasteiger partial charge on any atom is -0.495 e. The van der Waals surface area contributed by atoms with Crippen LogP contribution in [0.5, 0.6) is 5.75 Å². The summed E-state index contributed by atoms with van der Waals surface area (Å²) in [4.78, 5) is 22.5. The first-order valence-corrected chi connectivity index (χ1v) is 5.26. The number of ether oxygens (including phenoxy) is 3. The average molecular weight is 253 g/mol. The second-order valence-electron chi connectivity index (χ2n) is 3.38. The molecule has 0 aliphatic heterocycles. The Kier molecular flexibility index (Phi) is 4.98. The SMILES string of the molecule is COC(=O)CCOC(=O)c1cccc(OC)c1N. The van der Waals surface area contributed by atoms with Crippen LogP contribution in [0.25, 0.3) is 0 Å². The normalized spacial score (nSPS) is 9.67. The van der Waals surface area contributed by atoms with E-state index in [4.69, 9.17) is 15.2 Å². The van der Waals surface area contributed by atoms with Gasteiger partial charge in [0.05, 0.1) is 31.9 Å². The van der Waals surface area contributed by atoms with Gasteiger partial charge in [0.15, 0.2) is 0 Å². The predicted molar refractivity (Wildman–Crippen MR) is 64.3 cm³/mol. The van der Waals surface area contributed by atoms with Gasteiger partial charge in [-0.3, -0.25) is 4.79 Å². The van der Waals surface area contributed by atoms with E-state index in [1.54, 1.807) is 12.1 Å². The van der Waals surface area contributed by atoms with Gasteiger partial charge >= 0.3 is 11.9 Å². The summed E-state index contributed by atoms with van der Waals surface area (Å²) in [6.45, 7) is -0.0534. The molecule has 0 saturated carbocycles. The molecule has 0 spiro atoms. The fourth-order valence-electron chi connectivity index (χ4n) is 1.31. The standard InChI is InChI=1S/C12H15NO5/c1-16-9-5-3-4-8(11(9)13)12(15)18-7-6-10(14)17-2/h3-5H,6-7,13H2,1-2H3. The summed E-state index contributed by atoms with van der Waals surface area (Å²) in [5.41, 5.74) is 6.15. The first kappa shape index (κ1) is 13.8. The van der Waals surface area contributed by atoms with E-state index >= 15 is 0 Å². The molecule has 0 unspecified atom stereocenters. The van der Waals surface area contributed by atoms with Crippen LogP contribution in [-0.2, 0) is 14.3 Å². The molecule has 0 atom stereocenters. The number of nitrogen functional groups attached to an aromatic ring is 1. The lowest BCUT2D eigenvalue weighted by Gasteiger charge is -2.09. The second-order valence-corrected chi connectivity index (χ2v) is 3.38. The molecule has 18 heavy (non-hydrogen) atoms. The summed E-state index contributed by atoms with van der Waals surface area (Å²) in [6.07, 6.45) is 0.00606. The molecule has 0 aromatic heterocycles. The maximum absolute atomic E-state index is 11.7. The van der Waals surface area contributed by atoms with Crippen molar-refractivity contribution in [2.75, 3.05) is 26.6 Å². The number of hydrogen-bond acceptors (Lipinski definition) is 6. The largest absolute Gasteiger partial charge is 0.495 e. The third kappa shape index (κ3) is 3.38. The van der Waals surface area contributed by atoms with Crippen molar-refractivity contribution in [1.29, 1.82) is 0 Å². The van der Waals surface area contributed by atoms with Gasteiger partial charge in [-0.15, -0.1) is 0 Å². The Morgan fingerprint density at radius 1 is 1.28 bits per heavy atom. The Labute approximate surface area is 105 Å². The van der Waals surface area contributed by atoms with Crippen molar-refractivity contribution in [3.8, 4) is 5.75 Å². The Morgan fingerprint density at radius 3 is 2.61 bits per heavy atom. The predicted octanol–water partition coefficient (Wildman–Crippen LogP) is 0.997. The maximum Gasteiger partial charge on any atom is 0.340 e. The van der Waals surface area contributed by atoms with Crippen LogP contribution >= 0.6 is 0 Å². The molecule has 0 radical (unpaired) electrons. The summed E-state index contributed by atoms with van der Waals surface area (Å²) in [5, 5.41) is 0. The number of hydrogen-bond donors (Lipinski definition) is 1. The lowest BCUT2D eigenvalue weighted by Crippen LogP contribution is -2.12. The highest BCUT2D eigenvalue weighted by Gasteiger charge is 2.14. The number of para-hydroxylation sites is 1. The van der Waals surface area contributed by atoms with Crippen LogP contribution in [0.4, 0.5) is 5.69 Å². The number of carbonyl (C=O) groups is 2. The minimum atomic E-state index is -0.602. The Hall–Kier alpha value is -2.24. The zero-order valence-electron chi connectivity index (χ0n) is 10.3. The molecule has 2 N–H and O–H groups in total. The number of nitrogens with two attached hydrogens (primary N) is 1. The van der Waals surface area contributed by atoms with Gasteiger partial charge in [-0.1, -0.05) is 6.07 Å². The number of rotatable bonds is 5. The molecule has 0 heterocycles. The van der Waals surface area contributed by atoms with Crippen LogP contribution in [0.3, 0.4) is 0 Å². The van der Waals surface area contributed by atoms with Gasteiger partial charge in [0.1, 0.15) is 12.4 Å². The lowest BCUT2D eigenvalue weighted by atomic mass is 10.1. The smallest absolute Gasteiger partial charge is 0.340 e. The number of benzene rings is 1. The van der Waals surface area contributed by atoms with Crippen LogP contribution in [0.1, 0.15) is 16.8 Å². The van der Waals surface area contributed by atoms with Gasteiger partial charge in [-0.2, -0.15) is 0 Å². The molecule has 0 aliphatic rings. The zero-order chi connectivity index (χ0) is 13.5. The topological polar surface area (TPSA) is 87.8 Å². The highest BCUT2D eigenvalue weighted by Crippen LogP contribution is 2.25. The molecule has 0 amide bonds. The molecular weight excluding hydrogens is 238 g/mol. The van der Waals surface area contributed by atoms with Crippen molar-refractivity contribution >= 4 is 17.6 Å². The van der Waals surface area contributed by atoms with E-state index in [1.165, 1.54) is 20.3 Å². The maximum atomic E-state index is 11.7. The highest BCUT2D eigenvalue weighted by molar-refractivity contribution is 5.96. The van der Waals surface area contributed by atoms with E-state index in [9.17, 15) is 9.59 Å². The van der Waals surface area contributed by atoms with E-state index in [2.05, 4.69) is 4.74 Å². The number of methoxy groups -OCH3 is 2. The summed E-state index contributed by atoms with van der Waals surface area (Å²) >= 11 is 0. The van der Waals surface area contributed by atoms with E-state index < -0.39 is 11.9 Å². The molecule has 6 nitrogen and oxygen atoms in total. The van der Waals surface area contributed by atoms with Gasteiger partial charge in [0.25, 0.3) is 0 Å². The van der Waals surface area contributed by atoms with Crippen LogP contribution in [0, 0.1) is 0 Å². The van der Waals surface area contributed by atoms with Gasteiger partial charge in [-0.05, 0) is 12.1 Å². The average Bonchev–Trinajstić information content (AvgIpc) is 2.38. The molecule has 0 saturated heterocycles. The molecule has 0 bridgehead atoms. The number of anilines is 1. The van der Waals surface area contributed by atoms with Crippen molar-refractivity contribution in [2.45, 2.75) is 6.42 Å². The fourth-order valence-corrected chi connectivity index (χ4v) is 1.31. The first-order chi connectivity index (χ1) is 8.60. The van der Waals surface area contributed by atoms with Crippen molar-refractivity contribution < 1.29 is 23.8 Å². The molecule has 6 heteroatoms. The van der Waals surface area contributed by atoms with Gasteiger partial charge in [-0.25, -0.2) is 4.79 Å². The summed E-state index contributed by atoms with van der Waals surface area (Å²) in [5.74, 6) is -0.644. The van der Waals surface area contributed by atoms with Crippen LogP contribution in [0.15, 0.2) is 18.2 Å². The molecule has 0 aliphatic carbocycles. The number of carbonyl (C=O) groups excluding carboxylic acids is 2. The van der Waals surface area contributed by atoms with Crippen molar-refractivity contribution in [3.63, 3.8) is 0 Å². The molecule has 1 rings (SSSR count). The molecule has 98 valence electrons. The Balaban J connectivity index is 2.64. The summed E-state index contributed by atoms with van der Waals surface area (Å²) in [6, 6.07) is 4.80. The van der Waals surface area contributed by atoms with Crippen LogP contribution in [-0.4, -0.2) is 32.8 Å². The Bertz CT molecular complexity index is 444. The first-order valence-electron chi connectivity index (χ1n) is 5.26. The molecular formula is C12H15NO5. The van der Waals surface area contributed by atoms with E-state index in [-0.39, 0.29) is 24.3 Å². The van der Waals surface area contributed by atoms with Gasteiger partial charge in [0, 0.05) is 0 Å². The van der Waals surface area contributed by atoms with Crippen LogP contribution < -0.4 is 10.5 Å². The fraction of sp³-hybridized carbons (Fsp3) is 0.333. The molecule has 1 aromatic rings. The van der Waals surface area contributed by atoms with E-state index in [1.807, 2.05) is 0 Å². The summed E-state index contributed by atoms with van der Waals surface area (Å²) < 4.78 is 14.3. The Morgan fingerprint density at radius 2 is 2.00 bits per heavy atom. The minimum absolute atomic E-state index is 0.00606. The number of esters is 2. The van der Waals surface area contributed by atoms with Crippen molar-refractivity contribution in [1.82, 2.24) is 0 Å². The monoisotopic (exact) mass is 253 g/mol. The van der Waals surface area contributed by atoms with E-state index in [0.29, 0.717) is 5.75 Å². The second kappa shape index (κ2) is 6.48. The quantitative estimate of drug-likeness (QED) is 0.622. The lowest BCUT2D eigenvalue weighted by molar-refractivity contribution is -0.141. The third-order valence-electron chi connectivity index (χ3n) is 2.27. The molecule has 1 aromatic carbocycles. The highest BCUT2D eigenvalue weighted by atomic mass is 16.5. The van der Waals surface area contributed by atoms with Gasteiger partial charge < -0.3 is 19.9 Å². The summed E-state index contributed by atoms with van der Waals surface area (Å²) in [7, 11) is 2.72.